The number of nitrogens with zero attached hydrogens (tertiary/aromatic N) is 1. The first kappa shape index (κ1) is 7.56. The van der Waals surface area contributed by atoms with Crippen molar-refractivity contribution in [2.24, 2.45) is 0 Å². The molecule has 64 valence electrons. The van der Waals surface area contributed by atoms with Crippen LogP contribution >= 0.6 is 0 Å². The van der Waals surface area contributed by atoms with E-state index in [4.69, 9.17) is 4.74 Å². The van der Waals surface area contributed by atoms with E-state index >= 15 is 0 Å². The van der Waals surface area contributed by atoms with Crippen molar-refractivity contribution in [2.75, 3.05) is 26.2 Å². The van der Waals surface area contributed by atoms with Gasteiger partial charge >= 0.3 is 0 Å². The van der Waals surface area contributed by atoms with Crippen LogP contribution in [0.3, 0.4) is 0 Å². The zero-order chi connectivity index (χ0) is 7.73. The van der Waals surface area contributed by atoms with Gasteiger partial charge in [0.1, 0.15) is 0 Å². The van der Waals surface area contributed by atoms with Gasteiger partial charge in [-0.15, -0.1) is 0 Å². The Morgan fingerprint density at radius 2 is 1.91 bits per heavy atom. The Morgan fingerprint density at radius 1 is 1.27 bits per heavy atom. The smallest absolute Gasteiger partial charge is 0.0728 e. The van der Waals surface area contributed by atoms with Crippen LogP contribution in [0, 0.1) is 0 Å². The second-order valence-electron chi connectivity index (χ2n) is 3.72. The topological polar surface area (TPSA) is 12.5 Å². The third-order valence-electron chi connectivity index (χ3n) is 3.18. The van der Waals surface area contributed by atoms with Gasteiger partial charge in [0.2, 0.25) is 0 Å². The quantitative estimate of drug-likeness (QED) is 0.565. The highest BCUT2D eigenvalue weighted by molar-refractivity contribution is 4.92. The number of rotatable bonds is 1. The molecule has 0 aromatic rings. The summed E-state index contributed by atoms with van der Waals surface area (Å²) in [5, 5.41) is 0. The van der Waals surface area contributed by atoms with Crippen LogP contribution in [0.4, 0.5) is 0 Å². The number of likely N-dealkylation sites (tertiary alicyclic amines) is 1. The average Bonchev–Trinajstić information content (AvgIpc) is 2.02. The first-order valence-corrected chi connectivity index (χ1v) is 4.71. The maximum Gasteiger partial charge on any atom is 0.0728 e. The Kier molecular flexibility index (Phi) is 1.90. The number of ether oxygens (including phenoxy) is 1. The molecule has 0 N–H and O–H groups in total. The Labute approximate surface area is 68.5 Å². The van der Waals surface area contributed by atoms with Crippen LogP contribution in [0.5, 0.6) is 0 Å². The highest BCUT2D eigenvalue weighted by Gasteiger charge is 2.40. The molecule has 0 aromatic heterocycles. The molecule has 2 rings (SSSR count). The molecule has 2 aliphatic heterocycles. The molecule has 2 saturated heterocycles. The highest BCUT2D eigenvalue weighted by atomic mass is 16.5. The average molecular weight is 155 g/mol. The van der Waals surface area contributed by atoms with E-state index in [0.717, 1.165) is 6.61 Å². The van der Waals surface area contributed by atoms with E-state index in [9.17, 15) is 0 Å². The van der Waals surface area contributed by atoms with E-state index in [2.05, 4.69) is 11.8 Å². The van der Waals surface area contributed by atoms with E-state index in [-0.39, 0.29) is 0 Å². The maximum absolute atomic E-state index is 5.63. The van der Waals surface area contributed by atoms with Crippen LogP contribution in [-0.2, 0) is 4.74 Å². The lowest BCUT2D eigenvalue weighted by molar-refractivity contribution is -0.172. The van der Waals surface area contributed by atoms with E-state index in [1.54, 1.807) is 0 Å². The minimum absolute atomic E-state index is 0.339. The van der Waals surface area contributed by atoms with Crippen LogP contribution in [0.15, 0.2) is 0 Å². The number of piperidine rings is 1. The van der Waals surface area contributed by atoms with Crippen LogP contribution in [-0.4, -0.2) is 36.7 Å². The number of hydrogen-bond acceptors (Lipinski definition) is 2. The van der Waals surface area contributed by atoms with Gasteiger partial charge < -0.3 is 9.64 Å². The summed E-state index contributed by atoms with van der Waals surface area (Å²) in [5.74, 6) is 0. The van der Waals surface area contributed by atoms with Crippen LogP contribution in [0.25, 0.3) is 0 Å². The second-order valence-corrected chi connectivity index (χ2v) is 3.72. The van der Waals surface area contributed by atoms with Crippen molar-refractivity contribution in [3.8, 4) is 0 Å². The lowest BCUT2D eigenvalue weighted by atomic mass is 9.84. The summed E-state index contributed by atoms with van der Waals surface area (Å²) in [4.78, 5) is 2.51. The van der Waals surface area contributed by atoms with Gasteiger partial charge in [-0.2, -0.15) is 0 Å². The fraction of sp³-hybridized carbons (Fsp3) is 1.00. The predicted molar refractivity (Wildman–Crippen MR) is 44.6 cm³/mol. The molecule has 0 saturated carbocycles. The molecule has 11 heavy (non-hydrogen) atoms. The van der Waals surface area contributed by atoms with Gasteiger partial charge in [0.05, 0.1) is 12.2 Å². The molecule has 2 aliphatic rings. The maximum atomic E-state index is 5.63. The van der Waals surface area contributed by atoms with Gasteiger partial charge in [-0.1, -0.05) is 6.92 Å². The second kappa shape index (κ2) is 2.76. The first-order chi connectivity index (χ1) is 5.35. The van der Waals surface area contributed by atoms with Gasteiger partial charge in [0, 0.05) is 13.1 Å². The van der Waals surface area contributed by atoms with Crippen molar-refractivity contribution in [2.45, 2.75) is 31.8 Å². The molecule has 2 heteroatoms. The Morgan fingerprint density at radius 3 is 2.27 bits per heavy atom. The molecule has 0 aliphatic carbocycles. The molecule has 0 unspecified atom stereocenters. The molecule has 0 bridgehead atoms. The molecule has 0 atom stereocenters. The summed E-state index contributed by atoms with van der Waals surface area (Å²) < 4.78 is 5.63. The summed E-state index contributed by atoms with van der Waals surface area (Å²) in [7, 11) is 0. The van der Waals surface area contributed by atoms with Gasteiger partial charge in [0.15, 0.2) is 0 Å². The molecule has 2 fully saturated rings. The molecular weight excluding hydrogens is 138 g/mol. The Bertz CT molecular complexity index is 132. The minimum Gasteiger partial charge on any atom is -0.375 e. The molecule has 2 nitrogen and oxygen atoms in total. The van der Waals surface area contributed by atoms with Gasteiger partial charge in [0.25, 0.3) is 0 Å². The van der Waals surface area contributed by atoms with Gasteiger partial charge in [-0.05, 0) is 25.8 Å². The van der Waals surface area contributed by atoms with Crippen molar-refractivity contribution in [3.63, 3.8) is 0 Å². The summed E-state index contributed by atoms with van der Waals surface area (Å²) in [6.45, 7) is 6.94. The number of hydrogen-bond donors (Lipinski definition) is 0. The minimum atomic E-state index is 0.339. The van der Waals surface area contributed by atoms with Gasteiger partial charge in [-0.3, -0.25) is 0 Å². The van der Waals surface area contributed by atoms with E-state index in [0.29, 0.717) is 5.60 Å². The van der Waals surface area contributed by atoms with Crippen LogP contribution < -0.4 is 0 Å². The van der Waals surface area contributed by atoms with E-state index in [1.807, 2.05) is 0 Å². The van der Waals surface area contributed by atoms with Crippen molar-refractivity contribution in [1.82, 2.24) is 4.90 Å². The first-order valence-electron chi connectivity index (χ1n) is 4.71. The fourth-order valence-electron chi connectivity index (χ4n) is 2.06. The summed E-state index contributed by atoms with van der Waals surface area (Å²) >= 11 is 0. The normalized spacial score (nSPS) is 30.3. The molecule has 2 heterocycles. The fourth-order valence-corrected chi connectivity index (χ4v) is 2.06. The van der Waals surface area contributed by atoms with Crippen molar-refractivity contribution >= 4 is 0 Å². The van der Waals surface area contributed by atoms with Crippen LogP contribution in [0.1, 0.15) is 26.2 Å². The molecule has 1 spiro atoms. The lowest BCUT2D eigenvalue weighted by Crippen LogP contribution is -2.52. The summed E-state index contributed by atoms with van der Waals surface area (Å²) in [6, 6.07) is 0. The molecule has 0 radical (unpaired) electrons. The Hall–Kier alpha value is -0.0800. The third kappa shape index (κ3) is 1.30. The summed E-state index contributed by atoms with van der Waals surface area (Å²) in [5.41, 5.74) is 0.339. The predicted octanol–water partition coefficient (Wildman–Crippen LogP) is 1.26. The zero-order valence-electron chi connectivity index (χ0n) is 7.31. The largest absolute Gasteiger partial charge is 0.375 e. The molecular formula is C9H17NO. The van der Waals surface area contributed by atoms with Crippen molar-refractivity contribution < 1.29 is 4.74 Å². The third-order valence-corrected chi connectivity index (χ3v) is 3.18. The van der Waals surface area contributed by atoms with E-state index < -0.39 is 0 Å². The SMILES string of the molecule is CCN1CCC2(CCO2)CC1. The molecule has 0 amide bonds. The monoisotopic (exact) mass is 155 g/mol. The molecule has 0 aromatic carbocycles. The van der Waals surface area contributed by atoms with E-state index in [1.165, 1.54) is 38.9 Å². The van der Waals surface area contributed by atoms with Gasteiger partial charge in [-0.25, -0.2) is 0 Å². The van der Waals surface area contributed by atoms with Crippen LogP contribution in [0.2, 0.25) is 0 Å². The van der Waals surface area contributed by atoms with Crippen molar-refractivity contribution in [1.29, 1.82) is 0 Å². The summed E-state index contributed by atoms with van der Waals surface area (Å²) in [6.07, 6.45) is 3.84. The highest BCUT2D eigenvalue weighted by Crippen LogP contribution is 2.36. The lowest BCUT2D eigenvalue weighted by Gasteiger charge is -2.47. The Balaban J connectivity index is 1.84. The zero-order valence-corrected chi connectivity index (χ0v) is 7.31. The standard InChI is InChI=1S/C9H17NO/c1-2-10-6-3-9(4-7-10)5-8-11-9/h2-8H2,1H3. The van der Waals surface area contributed by atoms with Crippen molar-refractivity contribution in [3.05, 3.63) is 0 Å².